The van der Waals surface area contributed by atoms with Gasteiger partial charge in [-0.05, 0) is 63.4 Å². The van der Waals surface area contributed by atoms with Crippen molar-refractivity contribution in [2.24, 2.45) is 0 Å². The van der Waals surface area contributed by atoms with Crippen LogP contribution in [0.4, 0.5) is 0 Å². The molecular weight excluding hydrogens is 378 g/mol. The molecule has 1 aliphatic rings. The summed E-state index contributed by atoms with van der Waals surface area (Å²) in [6.07, 6.45) is 2.19. The standard InChI is InChI=1S/C22H24ClNO4/c1-6-13-7-9-15(27-17-10-8-14(23)12-24-17)11-16(13)18-19(25)21(2,3)28-22(4,5)20(18)26/h7-12,25H,6H2,1-5H3. The lowest BCUT2D eigenvalue weighted by Gasteiger charge is -2.40. The summed E-state index contributed by atoms with van der Waals surface area (Å²) >= 11 is 5.87. The summed E-state index contributed by atoms with van der Waals surface area (Å²) in [5.41, 5.74) is -0.190. The molecule has 1 N–H and O–H groups in total. The van der Waals surface area contributed by atoms with Crippen molar-refractivity contribution in [2.75, 3.05) is 0 Å². The van der Waals surface area contributed by atoms with Gasteiger partial charge in [0.1, 0.15) is 22.7 Å². The highest BCUT2D eigenvalue weighted by atomic mass is 35.5. The molecule has 28 heavy (non-hydrogen) atoms. The minimum Gasteiger partial charge on any atom is -0.508 e. The van der Waals surface area contributed by atoms with Gasteiger partial charge in [-0.3, -0.25) is 4.79 Å². The molecule has 2 heterocycles. The quantitative estimate of drug-likeness (QED) is 0.730. The monoisotopic (exact) mass is 401 g/mol. The van der Waals surface area contributed by atoms with Gasteiger partial charge >= 0.3 is 0 Å². The van der Waals surface area contributed by atoms with Gasteiger partial charge in [0.15, 0.2) is 5.78 Å². The van der Waals surface area contributed by atoms with Crippen LogP contribution >= 0.6 is 11.6 Å². The second-order valence-corrected chi connectivity index (χ2v) is 8.20. The van der Waals surface area contributed by atoms with E-state index in [1.807, 2.05) is 19.1 Å². The number of carbonyl (C=O) groups excluding carboxylic acids is 1. The lowest BCUT2D eigenvalue weighted by Crippen LogP contribution is -2.49. The third kappa shape index (κ3) is 3.77. The molecule has 1 aromatic heterocycles. The van der Waals surface area contributed by atoms with Crippen LogP contribution < -0.4 is 4.74 Å². The Kier molecular flexibility index (Phi) is 5.26. The van der Waals surface area contributed by atoms with Crippen molar-refractivity contribution in [3.63, 3.8) is 0 Å². The maximum Gasteiger partial charge on any atom is 0.219 e. The van der Waals surface area contributed by atoms with Gasteiger partial charge in [-0.15, -0.1) is 0 Å². The average molecular weight is 402 g/mol. The molecule has 3 rings (SSSR count). The van der Waals surface area contributed by atoms with Crippen LogP contribution in [0.5, 0.6) is 11.6 Å². The van der Waals surface area contributed by atoms with E-state index in [1.54, 1.807) is 45.9 Å². The summed E-state index contributed by atoms with van der Waals surface area (Å²) in [6.45, 7) is 8.93. The number of benzene rings is 1. The van der Waals surface area contributed by atoms with E-state index in [1.165, 1.54) is 6.20 Å². The Labute approximate surface area is 170 Å². The number of ether oxygens (including phenoxy) is 2. The highest BCUT2D eigenvalue weighted by molar-refractivity contribution is 6.30. The molecule has 0 aliphatic carbocycles. The Morgan fingerprint density at radius 2 is 1.86 bits per heavy atom. The van der Waals surface area contributed by atoms with E-state index >= 15 is 0 Å². The van der Waals surface area contributed by atoms with Crippen LogP contribution in [0, 0.1) is 0 Å². The zero-order valence-corrected chi connectivity index (χ0v) is 17.4. The molecule has 6 heteroatoms. The van der Waals surface area contributed by atoms with Crippen LogP contribution in [0.25, 0.3) is 5.57 Å². The Morgan fingerprint density at radius 3 is 2.46 bits per heavy atom. The number of ketones is 1. The number of aliphatic hydroxyl groups excluding tert-OH is 1. The molecular formula is C22H24ClNO4. The fraction of sp³-hybridized carbons (Fsp3) is 0.364. The smallest absolute Gasteiger partial charge is 0.219 e. The number of aryl methyl sites for hydroxylation is 1. The fourth-order valence-electron chi connectivity index (χ4n) is 3.40. The molecule has 0 fully saturated rings. The fourth-order valence-corrected chi connectivity index (χ4v) is 3.51. The second kappa shape index (κ2) is 7.22. The van der Waals surface area contributed by atoms with Crippen LogP contribution in [0.3, 0.4) is 0 Å². The molecule has 1 aromatic carbocycles. The number of halogens is 1. The topological polar surface area (TPSA) is 68.7 Å². The Balaban J connectivity index is 2.11. The van der Waals surface area contributed by atoms with Gasteiger partial charge in [0.05, 0.1) is 10.6 Å². The second-order valence-electron chi connectivity index (χ2n) is 7.76. The number of Topliss-reactive ketones (excluding diaryl/α,β-unsaturated/α-hetero) is 1. The van der Waals surface area contributed by atoms with Gasteiger partial charge in [0.25, 0.3) is 0 Å². The van der Waals surface area contributed by atoms with E-state index < -0.39 is 11.2 Å². The van der Waals surface area contributed by atoms with E-state index in [4.69, 9.17) is 21.1 Å². The summed E-state index contributed by atoms with van der Waals surface area (Å²) in [5.74, 6) is 0.558. The van der Waals surface area contributed by atoms with Crippen molar-refractivity contribution in [1.82, 2.24) is 4.98 Å². The van der Waals surface area contributed by atoms with Crippen LogP contribution in [0.2, 0.25) is 5.02 Å². The van der Waals surface area contributed by atoms with Gasteiger partial charge in [0.2, 0.25) is 5.88 Å². The number of aliphatic hydroxyl groups is 1. The number of aromatic nitrogens is 1. The van der Waals surface area contributed by atoms with Gasteiger partial charge in [-0.2, -0.15) is 0 Å². The number of pyridine rings is 1. The third-order valence-electron chi connectivity index (χ3n) is 4.75. The molecule has 0 unspecified atom stereocenters. The largest absolute Gasteiger partial charge is 0.508 e. The van der Waals surface area contributed by atoms with E-state index in [2.05, 4.69) is 4.98 Å². The summed E-state index contributed by atoms with van der Waals surface area (Å²) < 4.78 is 11.7. The van der Waals surface area contributed by atoms with Crippen molar-refractivity contribution in [2.45, 2.75) is 52.2 Å². The summed E-state index contributed by atoms with van der Waals surface area (Å²) in [4.78, 5) is 17.2. The number of carbonyl (C=O) groups is 1. The van der Waals surface area contributed by atoms with Crippen molar-refractivity contribution < 1.29 is 19.4 Å². The molecule has 5 nitrogen and oxygen atoms in total. The lowest BCUT2D eigenvalue weighted by atomic mass is 9.81. The SMILES string of the molecule is CCc1ccc(Oc2ccc(Cl)cn2)cc1C1=C(O)C(C)(C)OC(C)(C)C1=O. The average Bonchev–Trinajstić information content (AvgIpc) is 2.62. The zero-order chi connectivity index (χ0) is 20.7. The van der Waals surface area contributed by atoms with Crippen LogP contribution in [-0.4, -0.2) is 27.1 Å². The zero-order valence-electron chi connectivity index (χ0n) is 16.7. The first-order chi connectivity index (χ1) is 13.0. The molecule has 1 aliphatic heterocycles. The molecule has 148 valence electrons. The van der Waals surface area contributed by atoms with E-state index in [-0.39, 0.29) is 17.1 Å². The van der Waals surface area contributed by atoms with Crippen molar-refractivity contribution in [3.8, 4) is 11.6 Å². The minimum absolute atomic E-state index is 0.0757. The molecule has 0 saturated carbocycles. The van der Waals surface area contributed by atoms with Gasteiger partial charge in [-0.1, -0.05) is 24.6 Å². The maximum atomic E-state index is 13.1. The summed E-state index contributed by atoms with van der Waals surface area (Å²) in [5, 5.41) is 11.4. The Hall–Kier alpha value is -2.37. The molecule has 0 atom stereocenters. The first kappa shape index (κ1) is 20.4. The molecule has 0 radical (unpaired) electrons. The van der Waals surface area contributed by atoms with Crippen molar-refractivity contribution >= 4 is 23.0 Å². The van der Waals surface area contributed by atoms with Crippen LogP contribution in [0.15, 0.2) is 42.3 Å². The predicted molar refractivity (Wildman–Crippen MR) is 109 cm³/mol. The Morgan fingerprint density at radius 1 is 1.14 bits per heavy atom. The van der Waals surface area contributed by atoms with Gasteiger partial charge in [-0.25, -0.2) is 4.98 Å². The normalized spacial score (nSPS) is 18.3. The number of nitrogens with zero attached hydrogens (tertiary/aromatic N) is 1. The van der Waals surface area contributed by atoms with Gasteiger partial charge < -0.3 is 14.6 Å². The van der Waals surface area contributed by atoms with Crippen molar-refractivity contribution in [3.05, 3.63) is 58.4 Å². The molecule has 0 saturated heterocycles. The highest BCUT2D eigenvalue weighted by Gasteiger charge is 2.47. The van der Waals surface area contributed by atoms with Crippen LogP contribution in [-0.2, 0) is 16.0 Å². The molecule has 0 amide bonds. The minimum atomic E-state index is -1.05. The molecule has 2 aromatic rings. The van der Waals surface area contributed by atoms with E-state index in [0.717, 1.165) is 5.56 Å². The first-order valence-electron chi connectivity index (χ1n) is 9.16. The van der Waals surface area contributed by atoms with Crippen molar-refractivity contribution in [1.29, 1.82) is 0 Å². The predicted octanol–water partition coefficient (Wildman–Crippen LogP) is 5.52. The highest BCUT2D eigenvalue weighted by Crippen LogP contribution is 2.41. The number of rotatable bonds is 4. The van der Waals surface area contributed by atoms with E-state index in [9.17, 15) is 9.90 Å². The lowest BCUT2D eigenvalue weighted by molar-refractivity contribution is -0.158. The molecule has 0 bridgehead atoms. The third-order valence-corrected chi connectivity index (χ3v) is 4.97. The Bertz CT molecular complexity index is 946. The van der Waals surface area contributed by atoms with E-state index in [0.29, 0.717) is 28.6 Å². The van der Waals surface area contributed by atoms with Gasteiger partial charge in [0, 0.05) is 12.3 Å². The summed E-state index contributed by atoms with van der Waals surface area (Å²) in [6, 6.07) is 8.82. The maximum absolute atomic E-state index is 13.1. The van der Waals surface area contributed by atoms with Crippen LogP contribution in [0.1, 0.15) is 45.7 Å². The molecule has 0 spiro atoms. The number of hydrogen-bond acceptors (Lipinski definition) is 5. The summed E-state index contributed by atoms with van der Waals surface area (Å²) in [7, 11) is 0. The first-order valence-corrected chi connectivity index (χ1v) is 9.54. The number of hydrogen-bond donors (Lipinski definition) is 1.